The lowest BCUT2D eigenvalue weighted by atomic mass is 10.2. The van der Waals surface area contributed by atoms with Crippen molar-refractivity contribution < 1.29 is 10.2 Å². The predicted molar refractivity (Wildman–Crippen MR) is 61.5 cm³/mol. The second kappa shape index (κ2) is 5.82. The maximum absolute atomic E-state index is 9.15. The first kappa shape index (κ1) is 12.1. The van der Waals surface area contributed by atoms with E-state index in [0.717, 1.165) is 4.47 Å². The van der Waals surface area contributed by atoms with Crippen LogP contribution in [-0.2, 0) is 0 Å². The molecule has 0 bridgehead atoms. The monoisotopic (exact) mass is 279 g/mol. The van der Waals surface area contributed by atoms with E-state index >= 15 is 0 Å². The van der Waals surface area contributed by atoms with E-state index in [9.17, 15) is 0 Å². The van der Waals surface area contributed by atoms with Crippen molar-refractivity contribution in [1.82, 2.24) is 5.32 Å². The van der Waals surface area contributed by atoms with Gasteiger partial charge in [0.25, 0.3) is 0 Å². The minimum Gasteiger partial charge on any atom is -0.394 e. The van der Waals surface area contributed by atoms with E-state index in [-0.39, 0.29) is 12.6 Å². The molecule has 1 heterocycles. The maximum Gasteiger partial charge on any atom is 0.0895 e. The SMILES string of the molecule is CC(NCC(O)CO)c1sccc1Br. The Bertz CT molecular complexity index is 280. The van der Waals surface area contributed by atoms with Crippen molar-refractivity contribution >= 4 is 27.3 Å². The third-order valence-electron chi connectivity index (χ3n) is 1.91. The van der Waals surface area contributed by atoms with Crippen LogP contribution in [0, 0.1) is 0 Å². The zero-order valence-electron chi connectivity index (χ0n) is 7.90. The summed E-state index contributed by atoms with van der Waals surface area (Å²) < 4.78 is 1.08. The second-order valence-corrected chi connectivity index (χ2v) is 4.90. The molecule has 1 aromatic rings. The van der Waals surface area contributed by atoms with Crippen molar-refractivity contribution in [1.29, 1.82) is 0 Å². The lowest BCUT2D eigenvalue weighted by molar-refractivity contribution is 0.0924. The normalized spacial score (nSPS) is 15.4. The van der Waals surface area contributed by atoms with Gasteiger partial charge in [-0.1, -0.05) is 0 Å². The van der Waals surface area contributed by atoms with Crippen LogP contribution in [0.1, 0.15) is 17.8 Å². The van der Waals surface area contributed by atoms with Crippen LogP contribution in [0.4, 0.5) is 0 Å². The molecule has 0 aliphatic heterocycles. The first-order valence-corrected chi connectivity index (χ1v) is 6.07. The van der Waals surface area contributed by atoms with E-state index in [2.05, 4.69) is 21.2 Å². The van der Waals surface area contributed by atoms with E-state index in [1.54, 1.807) is 11.3 Å². The topological polar surface area (TPSA) is 52.5 Å². The second-order valence-electron chi connectivity index (χ2n) is 3.10. The van der Waals surface area contributed by atoms with Gasteiger partial charge in [0.05, 0.1) is 12.7 Å². The Morgan fingerprint density at radius 1 is 1.64 bits per heavy atom. The zero-order valence-corrected chi connectivity index (χ0v) is 10.3. The minimum atomic E-state index is -0.684. The Hall–Kier alpha value is 0.0600. The summed E-state index contributed by atoms with van der Waals surface area (Å²) >= 11 is 5.11. The van der Waals surface area contributed by atoms with Crippen LogP contribution in [0.3, 0.4) is 0 Å². The van der Waals surface area contributed by atoms with Crippen molar-refractivity contribution in [3.05, 3.63) is 20.8 Å². The van der Waals surface area contributed by atoms with E-state index in [0.29, 0.717) is 6.54 Å². The lowest BCUT2D eigenvalue weighted by Gasteiger charge is -2.15. The third-order valence-corrected chi connectivity index (χ3v) is 3.96. The highest BCUT2D eigenvalue weighted by molar-refractivity contribution is 9.10. The van der Waals surface area contributed by atoms with Gasteiger partial charge in [-0.3, -0.25) is 0 Å². The lowest BCUT2D eigenvalue weighted by Crippen LogP contribution is -2.31. The molecule has 0 aliphatic rings. The molecule has 0 radical (unpaired) electrons. The highest BCUT2D eigenvalue weighted by Crippen LogP contribution is 2.28. The fourth-order valence-electron chi connectivity index (χ4n) is 1.08. The molecule has 0 amide bonds. The number of hydrogen-bond donors (Lipinski definition) is 3. The molecule has 2 atom stereocenters. The molecule has 0 saturated carbocycles. The summed E-state index contributed by atoms with van der Waals surface area (Å²) in [5.74, 6) is 0. The van der Waals surface area contributed by atoms with Gasteiger partial charge < -0.3 is 15.5 Å². The molecule has 0 saturated heterocycles. The molecule has 0 aliphatic carbocycles. The molecule has 0 spiro atoms. The Balaban J connectivity index is 2.43. The number of hydrogen-bond acceptors (Lipinski definition) is 4. The van der Waals surface area contributed by atoms with Crippen molar-refractivity contribution in [2.24, 2.45) is 0 Å². The van der Waals surface area contributed by atoms with Crippen molar-refractivity contribution in [2.45, 2.75) is 19.1 Å². The largest absolute Gasteiger partial charge is 0.394 e. The summed E-state index contributed by atoms with van der Waals surface area (Å²) in [5.41, 5.74) is 0. The predicted octanol–water partition coefficient (Wildman–Crippen LogP) is 1.51. The molecule has 1 rings (SSSR count). The molecule has 5 heteroatoms. The van der Waals surface area contributed by atoms with E-state index < -0.39 is 6.10 Å². The highest BCUT2D eigenvalue weighted by atomic mass is 79.9. The number of nitrogens with one attached hydrogen (secondary N) is 1. The average Bonchev–Trinajstić information content (AvgIpc) is 2.60. The van der Waals surface area contributed by atoms with E-state index in [1.165, 1.54) is 4.88 Å². The van der Waals surface area contributed by atoms with Gasteiger partial charge in [-0.05, 0) is 34.3 Å². The highest BCUT2D eigenvalue weighted by Gasteiger charge is 2.11. The fraction of sp³-hybridized carbons (Fsp3) is 0.556. The number of aliphatic hydroxyl groups is 2. The van der Waals surface area contributed by atoms with Gasteiger partial charge in [0.2, 0.25) is 0 Å². The van der Waals surface area contributed by atoms with E-state index in [4.69, 9.17) is 10.2 Å². The summed E-state index contributed by atoms with van der Waals surface area (Å²) in [6.45, 7) is 2.23. The number of rotatable bonds is 5. The van der Waals surface area contributed by atoms with Crippen LogP contribution in [0.15, 0.2) is 15.9 Å². The summed E-state index contributed by atoms with van der Waals surface area (Å²) in [5, 5.41) is 22.9. The Kier molecular flexibility index (Phi) is 5.05. The first-order valence-electron chi connectivity index (χ1n) is 4.40. The van der Waals surface area contributed by atoms with E-state index in [1.807, 2.05) is 18.4 Å². The average molecular weight is 280 g/mol. The van der Waals surface area contributed by atoms with Gasteiger partial charge in [0.1, 0.15) is 0 Å². The molecular formula is C9H14BrNO2S. The van der Waals surface area contributed by atoms with Gasteiger partial charge in [-0.15, -0.1) is 11.3 Å². The molecule has 14 heavy (non-hydrogen) atoms. The Morgan fingerprint density at radius 2 is 2.36 bits per heavy atom. The first-order chi connectivity index (χ1) is 6.65. The third kappa shape index (κ3) is 3.33. The fourth-order valence-corrected chi connectivity index (χ4v) is 2.83. The summed E-state index contributed by atoms with van der Waals surface area (Å²) in [7, 11) is 0. The molecule has 2 unspecified atom stereocenters. The molecule has 0 aromatic carbocycles. The van der Waals surface area contributed by atoms with Crippen LogP contribution in [0.5, 0.6) is 0 Å². The van der Waals surface area contributed by atoms with Crippen molar-refractivity contribution in [2.75, 3.05) is 13.2 Å². The molecule has 3 nitrogen and oxygen atoms in total. The standard InChI is InChI=1S/C9H14BrNO2S/c1-6(11-4-7(13)5-12)9-8(10)2-3-14-9/h2-3,6-7,11-13H,4-5H2,1H3. The summed E-state index contributed by atoms with van der Waals surface area (Å²) in [4.78, 5) is 1.20. The molecule has 80 valence electrons. The number of halogens is 1. The van der Waals surface area contributed by atoms with Crippen LogP contribution in [0.25, 0.3) is 0 Å². The maximum atomic E-state index is 9.15. The summed E-state index contributed by atoms with van der Waals surface area (Å²) in [6, 6.07) is 2.19. The Morgan fingerprint density at radius 3 is 2.86 bits per heavy atom. The number of aliphatic hydroxyl groups excluding tert-OH is 2. The van der Waals surface area contributed by atoms with Gasteiger partial charge >= 0.3 is 0 Å². The molecule has 1 aromatic heterocycles. The minimum absolute atomic E-state index is 0.186. The van der Waals surface area contributed by atoms with Gasteiger partial charge in [-0.2, -0.15) is 0 Å². The van der Waals surface area contributed by atoms with Crippen LogP contribution >= 0.6 is 27.3 Å². The smallest absolute Gasteiger partial charge is 0.0895 e. The van der Waals surface area contributed by atoms with Crippen molar-refractivity contribution in [3.63, 3.8) is 0 Å². The van der Waals surface area contributed by atoms with Gasteiger partial charge in [-0.25, -0.2) is 0 Å². The Labute approximate surface area is 95.9 Å². The zero-order chi connectivity index (χ0) is 10.6. The molecule has 0 fully saturated rings. The molecular weight excluding hydrogens is 266 g/mol. The van der Waals surface area contributed by atoms with Crippen molar-refractivity contribution in [3.8, 4) is 0 Å². The van der Waals surface area contributed by atoms with Gasteiger partial charge in [0, 0.05) is 21.9 Å². The van der Waals surface area contributed by atoms with Crippen LogP contribution < -0.4 is 5.32 Å². The molecule has 3 N–H and O–H groups in total. The van der Waals surface area contributed by atoms with Gasteiger partial charge in [0.15, 0.2) is 0 Å². The van der Waals surface area contributed by atoms with Crippen LogP contribution in [-0.4, -0.2) is 29.5 Å². The quantitative estimate of drug-likeness (QED) is 0.766. The number of thiophene rings is 1. The van der Waals surface area contributed by atoms with Crippen LogP contribution in [0.2, 0.25) is 0 Å². The summed E-state index contributed by atoms with van der Waals surface area (Å²) in [6.07, 6.45) is -0.684.